The van der Waals surface area contributed by atoms with E-state index in [2.05, 4.69) is 4.99 Å². The van der Waals surface area contributed by atoms with E-state index in [1.54, 1.807) is 11.0 Å². The number of nitrogens with zero attached hydrogens (tertiary/aromatic N) is 2. The summed E-state index contributed by atoms with van der Waals surface area (Å²) in [5, 5.41) is 18.5. The number of hydrogen-bond donors (Lipinski definition) is 2. The largest absolute Gasteiger partial charge is 0.395 e. The summed E-state index contributed by atoms with van der Waals surface area (Å²) >= 11 is 1.27. The predicted octanol–water partition coefficient (Wildman–Crippen LogP) is 0.944. The minimum atomic E-state index is -0.283. The van der Waals surface area contributed by atoms with Crippen LogP contribution in [-0.2, 0) is 4.79 Å². The Morgan fingerprint density at radius 1 is 1.15 bits per heavy atom. The highest BCUT2D eigenvalue weighted by Gasteiger charge is 2.25. The van der Waals surface area contributed by atoms with Crippen molar-refractivity contribution in [1.29, 1.82) is 0 Å². The van der Waals surface area contributed by atoms with Crippen molar-refractivity contribution in [2.24, 2.45) is 4.99 Å². The number of aliphatic hydroxyl groups is 2. The fourth-order valence-corrected chi connectivity index (χ4v) is 2.74. The van der Waals surface area contributed by atoms with E-state index in [1.165, 1.54) is 11.8 Å². The maximum Gasteiger partial charge on any atom is 0.286 e. The number of amides is 1. The summed E-state index contributed by atoms with van der Waals surface area (Å²) in [5.74, 6) is -0.283. The molecule has 0 saturated heterocycles. The highest BCUT2D eigenvalue weighted by Crippen LogP contribution is 2.29. The van der Waals surface area contributed by atoms with Crippen molar-refractivity contribution in [2.75, 3.05) is 26.3 Å². The topological polar surface area (TPSA) is 73.1 Å². The summed E-state index contributed by atoms with van der Waals surface area (Å²) in [5.41, 5.74) is 0.940. The molecule has 0 atom stereocenters. The number of benzene rings is 1. The normalized spacial score (nSPS) is 16.6. The number of thioether (sulfide) groups is 1. The molecule has 0 spiro atoms. The van der Waals surface area contributed by atoms with Crippen molar-refractivity contribution >= 4 is 28.9 Å². The van der Waals surface area contributed by atoms with Crippen molar-refractivity contribution in [3.8, 4) is 0 Å². The van der Waals surface area contributed by atoms with Crippen LogP contribution in [0.2, 0.25) is 0 Å². The SMILES string of the molecule is O=C1N=C(N(CCO)CCO)S/C1=C\c1ccccc1. The number of aliphatic imine (C=N–C) groups is 1. The Morgan fingerprint density at radius 3 is 2.40 bits per heavy atom. The predicted molar refractivity (Wildman–Crippen MR) is 80.2 cm³/mol. The standard InChI is InChI=1S/C14H16N2O3S/c17-8-6-16(7-9-18)14-15-13(19)12(20-14)10-11-4-2-1-3-5-11/h1-5,10,17-18H,6-9H2/b12-10-. The van der Waals surface area contributed by atoms with Crippen LogP contribution in [0.1, 0.15) is 5.56 Å². The van der Waals surface area contributed by atoms with Gasteiger partial charge in [0.1, 0.15) is 0 Å². The van der Waals surface area contributed by atoms with Gasteiger partial charge >= 0.3 is 0 Å². The van der Waals surface area contributed by atoms with Gasteiger partial charge in [-0.15, -0.1) is 0 Å². The summed E-state index contributed by atoms with van der Waals surface area (Å²) in [6.45, 7) is 0.591. The third kappa shape index (κ3) is 3.69. The second kappa shape index (κ2) is 7.23. The molecular weight excluding hydrogens is 276 g/mol. The number of rotatable bonds is 5. The van der Waals surface area contributed by atoms with Gasteiger partial charge in [-0.05, 0) is 23.4 Å². The van der Waals surface area contributed by atoms with Crippen LogP contribution in [0.5, 0.6) is 0 Å². The Bertz CT molecular complexity index is 522. The minimum Gasteiger partial charge on any atom is -0.395 e. The van der Waals surface area contributed by atoms with E-state index in [-0.39, 0.29) is 19.1 Å². The first-order valence-electron chi connectivity index (χ1n) is 6.29. The summed E-state index contributed by atoms with van der Waals surface area (Å²) in [4.78, 5) is 18.1. The lowest BCUT2D eigenvalue weighted by Gasteiger charge is -2.20. The molecule has 2 N–H and O–H groups in total. The van der Waals surface area contributed by atoms with Crippen LogP contribution in [-0.4, -0.2) is 52.5 Å². The van der Waals surface area contributed by atoms with Crippen LogP contribution in [0.25, 0.3) is 6.08 Å². The number of aliphatic hydroxyl groups excluding tert-OH is 2. The van der Waals surface area contributed by atoms with Crippen LogP contribution in [0.3, 0.4) is 0 Å². The molecule has 6 heteroatoms. The fraction of sp³-hybridized carbons (Fsp3) is 0.286. The second-order valence-corrected chi connectivity index (χ2v) is 5.16. The molecule has 0 bridgehead atoms. The van der Waals surface area contributed by atoms with E-state index in [1.807, 2.05) is 30.3 Å². The summed E-state index contributed by atoms with van der Waals surface area (Å²) in [6, 6.07) is 9.55. The highest BCUT2D eigenvalue weighted by atomic mass is 32.2. The molecule has 0 aliphatic carbocycles. The maximum absolute atomic E-state index is 11.9. The van der Waals surface area contributed by atoms with Crippen LogP contribution >= 0.6 is 11.8 Å². The van der Waals surface area contributed by atoms with E-state index >= 15 is 0 Å². The molecule has 106 valence electrons. The zero-order valence-electron chi connectivity index (χ0n) is 10.9. The minimum absolute atomic E-state index is 0.0501. The summed E-state index contributed by atoms with van der Waals surface area (Å²) < 4.78 is 0. The van der Waals surface area contributed by atoms with E-state index in [0.29, 0.717) is 23.2 Å². The van der Waals surface area contributed by atoms with E-state index < -0.39 is 0 Å². The molecule has 1 aliphatic rings. The third-order valence-corrected chi connectivity index (χ3v) is 3.76. The van der Waals surface area contributed by atoms with Crippen molar-refractivity contribution in [2.45, 2.75) is 0 Å². The number of amidine groups is 1. The van der Waals surface area contributed by atoms with Crippen molar-refractivity contribution < 1.29 is 15.0 Å². The molecule has 5 nitrogen and oxygen atoms in total. The van der Waals surface area contributed by atoms with E-state index in [4.69, 9.17) is 10.2 Å². The molecule has 2 rings (SSSR count). The first-order valence-corrected chi connectivity index (χ1v) is 7.10. The number of carbonyl (C=O) groups excluding carboxylic acids is 1. The Hall–Kier alpha value is -1.63. The van der Waals surface area contributed by atoms with Gasteiger partial charge in [0.15, 0.2) is 5.17 Å². The number of carbonyl (C=O) groups is 1. The molecule has 20 heavy (non-hydrogen) atoms. The molecule has 1 aliphatic heterocycles. The zero-order valence-corrected chi connectivity index (χ0v) is 11.7. The molecule has 0 aromatic heterocycles. The van der Waals surface area contributed by atoms with Gasteiger partial charge in [0.25, 0.3) is 5.91 Å². The van der Waals surface area contributed by atoms with Gasteiger partial charge < -0.3 is 15.1 Å². The molecule has 1 aromatic carbocycles. The molecule has 0 saturated carbocycles. The van der Waals surface area contributed by atoms with Gasteiger partial charge in [0, 0.05) is 13.1 Å². The Kier molecular flexibility index (Phi) is 5.34. The van der Waals surface area contributed by atoms with Crippen molar-refractivity contribution in [1.82, 2.24) is 4.90 Å². The van der Waals surface area contributed by atoms with Crippen LogP contribution in [0.15, 0.2) is 40.2 Å². The van der Waals surface area contributed by atoms with Crippen LogP contribution < -0.4 is 0 Å². The van der Waals surface area contributed by atoms with E-state index in [9.17, 15) is 4.79 Å². The van der Waals surface area contributed by atoms with Crippen molar-refractivity contribution in [3.63, 3.8) is 0 Å². The molecule has 0 fully saturated rings. The first kappa shape index (κ1) is 14.8. The zero-order chi connectivity index (χ0) is 14.4. The molecule has 0 radical (unpaired) electrons. The Labute approximate surface area is 121 Å². The fourth-order valence-electron chi connectivity index (χ4n) is 1.78. The van der Waals surface area contributed by atoms with Gasteiger partial charge in [-0.1, -0.05) is 30.3 Å². The van der Waals surface area contributed by atoms with Crippen molar-refractivity contribution in [3.05, 3.63) is 40.8 Å². The lowest BCUT2D eigenvalue weighted by Crippen LogP contribution is -2.33. The summed E-state index contributed by atoms with van der Waals surface area (Å²) in [7, 11) is 0. The quantitative estimate of drug-likeness (QED) is 0.790. The molecular formula is C14H16N2O3S. The maximum atomic E-state index is 11.9. The van der Waals surface area contributed by atoms with Gasteiger partial charge in [0.05, 0.1) is 18.1 Å². The highest BCUT2D eigenvalue weighted by molar-refractivity contribution is 8.18. The third-order valence-electron chi connectivity index (χ3n) is 2.72. The molecule has 1 aromatic rings. The molecule has 1 amide bonds. The van der Waals surface area contributed by atoms with E-state index in [0.717, 1.165) is 5.56 Å². The lowest BCUT2D eigenvalue weighted by molar-refractivity contribution is -0.113. The van der Waals surface area contributed by atoms with Gasteiger partial charge in [-0.25, -0.2) is 0 Å². The average molecular weight is 292 g/mol. The Balaban J connectivity index is 2.12. The van der Waals surface area contributed by atoms with Crippen LogP contribution in [0, 0.1) is 0 Å². The lowest BCUT2D eigenvalue weighted by atomic mass is 10.2. The van der Waals surface area contributed by atoms with Crippen LogP contribution in [0.4, 0.5) is 0 Å². The Morgan fingerprint density at radius 2 is 1.80 bits per heavy atom. The average Bonchev–Trinajstić information content (AvgIpc) is 2.81. The van der Waals surface area contributed by atoms with Gasteiger partial charge in [0.2, 0.25) is 0 Å². The molecule has 0 unspecified atom stereocenters. The summed E-state index contributed by atoms with van der Waals surface area (Å²) in [6.07, 6.45) is 1.79. The number of hydrogen-bond acceptors (Lipinski definition) is 5. The van der Waals surface area contributed by atoms with Gasteiger partial charge in [-0.2, -0.15) is 4.99 Å². The van der Waals surface area contributed by atoms with Gasteiger partial charge in [-0.3, -0.25) is 4.79 Å². The smallest absolute Gasteiger partial charge is 0.286 e. The first-order chi connectivity index (χ1) is 9.74. The molecule has 1 heterocycles. The second-order valence-electron chi connectivity index (χ2n) is 4.16. The monoisotopic (exact) mass is 292 g/mol.